The summed E-state index contributed by atoms with van der Waals surface area (Å²) in [5.74, 6) is 0.894. The number of ether oxygens (including phenoxy) is 1. The highest BCUT2D eigenvalue weighted by Crippen LogP contribution is 2.27. The summed E-state index contributed by atoms with van der Waals surface area (Å²) in [5, 5.41) is 9.46. The zero-order valence-corrected chi connectivity index (χ0v) is 16.9. The average molecular weight is 411 g/mol. The maximum atomic E-state index is 12.8. The number of nitrogens with zero attached hydrogens (tertiary/aromatic N) is 1. The second-order valence-electron chi connectivity index (χ2n) is 6.23. The Morgan fingerprint density at radius 2 is 1.76 bits per heavy atom. The molecule has 0 fully saturated rings. The summed E-state index contributed by atoms with van der Waals surface area (Å²) in [4.78, 5) is 25.1. The molecule has 0 atom stereocenters. The van der Waals surface area contributed by atoms with E-state index in [1.807, 2.05) is 31.2 Å². The lowest BCUT2D eigenvalue weighted by Gasteiger charge is -2.10. The number of amides is 2. The maximum Gasteiger partial charge on any atom is 0.256 e. The fourth-order valence-electron chi connectivity index (χ4n) is 2.58. The minimum absolute atomic E-state index is 0.0133. The van der Waals surface area contributed by atoms with Crippen molar-refractivity contribution in [2.75, 3.05) is 24.4 Å². The molecule has 150 valence electrons. The van der Waals surface area contributed by atoms with E-state index >= 15 is 0 Å². The molecule has 0 spiro atoms. The number of carbonyl (C=O) groups is 2. The van der Waals surface area contributed by atoms with Crippen molar-refractivity contribution in [3.63, 3.8) is 0 Å². The van der Waals surface area contributed by atoms with Crippen molar-refractivity contribution >= 4 is 35.0 Å². The molecule has 2 N–H and O–H groups in total. The lowest BCUT2D eigenvalue weighted by atomic mass is 10.2. The monoisotopic (exact) mass is 411 g/mol. The van der Waals surface area contributed by atoms with Crippen molar-refractivity contribution in [2.45, 2.75) is 17.6 Å². The van der Waals surface area contributed by atoms with E-state index in [0.29, 0.717) is 22.7 Å². The number of hydrogen-bond acceptors (Lipinski definition) is 6. The van der Waals surface area contributed by atoms with Gasteiger partial charge in [-0.1, -0.05) is 17.3 Å². The molecule has 1 heterocycles. The molecule has 3 aromatic rings. The Bertz CT molecular complexity index is 986. The van der Waals surface area contributed by atoms with Gasteiger partial charge in [0.15, 0.2) is 0 Å². The van der Waals surface area contributed by atoms with Gasteiger partial charge in [-0.15, -0.1) is 11.8 Å². The molecule has 7 nitrogen and oxygen atoms in total. The average Bonchev–Trinajstić information content (AvgIpc) is 3.13. The van der Waals surface area contributed by atoms with E-state index in [2.05, 4.69) is 15.8 Å². The SMILES string of the molecule is COCC(=O)Nc1ccc(NC(=O)c2ccccc2SCc2cc(C)no2)cc1. The van der Waals surface area contributed by atoms with Crippen LogP contribution in [0, 0.1) is 6.92 Å². The van der Waals surface area contributed by atoms with E-state index in [4.69, 9.17) is 9.26 Å². The van der Waals surface area contributed by atoms with Crippen molar-refractivity contribution < 1.29 is 18.8 Å². The number of rotatable bonds is 8. The predicted octanol–water partition coefficient (Wildman–Crippen LogP) is 4.11. The smallest absolute Gasteiger partial charge is 0.256 e. The molecular weight excluding hydrogens is 390 g/mol. The van der Waals surface area contributed by atoms with Gasteiger partial charge in [0.25, 0.3) is 5.91 Å². The van der Waals surface area contributed by atoms with Crippen molar-refractivity contribution in [2.24, 2.45) is 0 Å². The summed E-state index contributed by atoms with van der Waals surface area (Å²) >= 11 is 1.51. The second kappa shape index (κ2) is 9.90. The minimum Gasteiger partial charge on any atom is -0.375 e. The molecule has 8 heteroatoms. The van der Waals surface area contributed by atoms with Crippen LogP contribution in [0.5, 0.6) is 0 Å². The summed E-state index contributed by atoms with van der Waals surface area (Å²) in [7, 11) is 1.46. The Hall–Kier alpha value is -3.10. The summed E-state index contributed by atoms with van der Waals surface area (Å²) in [6, 6.07) is 16.2. The van der Waals surface area contributed by atoms with Crippen LogP contribution in [0.15, 0.2) is 64.0 Å². The van der Waals surface area contributed by atoms with Gasteiger partial charge in [-0.3, -0.25) is 9.59 Å². The Morgan fingerprint density at radius 1 is 1.07 bits per heavy atom. The van der Waals surface area contributed by atoms with Gasteiger partial charge in [-0.2, -0.15) is 0 Å². The Kier molecular flexibility index (Phi) is 7.04. The zero-order chi connectivity index (χ0) is 20.6. The first-order valence-corrected chi connectivity index (χ1v) is 9.88. The van der Waals surface area contributed by atoms with Gasteiger partial charge in [0.05, 0.1) is 17.0 Å². The van der Waals surface area contributed by atoms with Crippen LogP contribution in [0.1, 0.15) is 21.8 Å². The third-order valence-corrected chi connectivity index (χ3v) is 4.98. The summed E-state index contributed by atoms with van der Waals surface area (Å²) in [5.41, 5.74) is 2.66. The highest BCUT2D eigenvalue weighted by atomic mass is 32.2. The maximum absolute atomic E-state index is 12.8. The summed E-state index contributed by atoms with van der Waals surface area (Å²) in [6.07, 6.45) is 0. The van der Waals surface area contributed by atoms with Gasteiger partial charge in [-0.05, 0) is 43.3 Å². The fourth-order valence-corrected chi connectivity index (χ4v) is 3.50. The zero-order valence-electron chi connectivity index (χ0n) is 16.1. The third kappa shape index (κ3) is 5.94. The summed E-state index contributed by atoms with van der Waals surface area (Å²) < 4.78 is 10.0. The number of hydrogen-bond donors (Lipinski definition) is 2. The highest BCUT2D eigenvalue weighted by molar-refractivity contribution is 7.98. The van der Waals surface area contributed by atoms with Gasteiger partial charge in [0.2, 0.25) is 5.91 Å². The van der Waals surface area contributed by atoms with E-state index in [-0.39, 0.29) is 18.4 Å². The number of methoxy groups -OCH3 is 1. The largest absolute Gasteiger partial charge is 0.375 e. The van der Waals surface area contributed by atoms with Crippen LogP contribution in [0.4, 0.5) is 11.4 Å². The Labute approximate surface area is 172 Å². The van der Waals surface area contributed by atoms with Crippen molar-refractivity contribution in [1.29, 1.82) is 0 Å². The molecule has 0 radical (unpaired) electrons. The molecule has 0 saturated heterocycles. The lowest BCUT2D eigenvalue weighted by Crippen LogP contribution is -2.17. The number of nitrogens with one attached hydrogen (secondary N) is 2. The molecule has 0 aliphatic heterocycles. The number of benzene rings is 2. The van der Waals surface area contributed by atoms with Crippen LogP contribution >= 0.6 is 11.8 Å². The number of aryl methyl sites for hydroxylation is 1. The van der Waals surface area contributed by atoms with Crippen LogP contribution in [0.25, 0.3) is 0 Å². The Morgan fingerprint density at radius 3 is 2.41 bits per heavy atom. The molecule has 2 aromatic carbocycles. The molecule has 0 bridgehead atoms. The van der Waals surface area contributed by atoms with Crippen molar-refractivity contribution in [3.8, 4) is 0 Å². The highest BCUT2D eigenvalue weighted by Gasteiger charge is 2.13. The van der Waals surface area contributed by atoms with E-state index in [1.165, 1.54) is 18.9 Å². The van der Waals surface area contributed by atoms with Gasteiger partial charge in [0, 0.05) is 29.4 Å². The molecule has 3 rings (SSSR count). The normalized spacial score (nSPS) is 10.6. The van der Waals surface area contributed by atoms with E-state index < -0.39 is 0 Å². The second-order valence-corrected chi connectivity index (χ2v) is 7.25. The molecule has 0 saturated carbocycles. The molecule has 0 aliphatic rings. The molecule has 29 heavy (non-hydrogen) atoms. The standard InChI is InChI=1S/C21H21N3O4S/c1-14-11-17(28-24-14)13-29-19-6-4-3-5-18(19)21(26)23-16-9-7-15(8-10-16)22-20(25)12-27-2/h3-11H,12-13H2,1-2H3,(H,22,25)(H,23,26). The molecule has 1 aromatic heterocycles. The molecular formula is C21H21N3O4S. The van der Waals surface area contributed by atoms with Crippen LogP contribution in [0.2, 0.25) is 0 Å². The molecule has 2 amide bonds. The quantitative estimate of drug-likeness (QED) is 0.542. The summed E-state index contributed by atoms with van der Waals surface area (Å²) in [6.45, 7) is 1.86. The number of aromatic nitrogens is 1. The first-order chi connectivity index (χ1) is 14.0. The van der Waals surface area contributed by atoms with E-state index in [1.54, 1.807) is 30.3 Å². The fraction of sp³-hybridized carbons (Fsp3) is 0.190. The van der Waals surface area contributed by atoms with Gasteiger partial charge < -0.3 is 19.9 Å². The molecule has 0 unspecified atom stereocenters. The van der Waals surface area contributed by atoms with Gasteiger partial charge >= 0.3 is 0 Å². The van der Waals surface area contributed by atoms with Crippen LogP contribution in [0.3, 0.4) is 0 Å². The first-order valence-electron chi connectivity index (χ1n) is 8.89. The van der Waals surface area contributed by atoms with Crippen LogP contribution < -0.4 is 10.6 Å². The number of thioether (sulfide) groups is 1. The third-order valence-electron chi connectivity index (χ3n) is 3.88. The van der Waals surface area contributed by atoms with E-state index in [0.717, 1.165) is 16.3 Å². The minimum atomic E-state index is -0.239. The van der Waals surface area contributed by atoms with Crippen LogP contribution in [-0.2, 0) is 15.3 Å². The van der Waals surface area contributed by atoms with Crippen molar-refractivity contribution in [1.82, 2.24) is 5.16 Å². The van der Waals surface area contributed by atoms with Crippen LogP contribution in [-0.4, -0.2) is 30.7 Å². The number of anilines is 2. The topological polar surface area (TPSA) is 93.5 Å². The van der Waals surface area contributed by atoms with Gasteiger partial charge in [-0.25, -0.2) is 0 Å². The predicted molar refractivity (Wildman–Crippen MR) is 112 cm³/mol. The Balaban J connectivity index is 1.64. The molecule has 0 aliphatic carbocycles. The van der Waals surface area contributed by atoms with Crippen molar-refractivity contribution in [3.05, 3.63) is 71.6 Å². The first kappa shape index (κ1) is 20.6. The van der Waals surface area contributed by atoms with Gasteiger partial charge in [0.1, 0.15) is 12.4 Å². The number of carbonyl (C=O) groups excluding carboxylic acids is 2. The lowest BCUT2D eigenvalue weighted by molar-refractivity contribution is -0.119. The van der Waals surface area contributed by atoms with E-state index in [9.17, 15) is 9.59 Å².